The second kappa shape index (κ2) is 7.49. The molecular formula is C13H17Cl2NO2. The van der Waals surface area contributed by atoms with Gasteiger partial charge in [0.25, 0.3) is 0 Å². The van der Waals surface area contributed by atoms with Crippen molar-refractivity contribution in [3.8, 4) is 5.75 Å². The second-order valence-electron chi connectivity index (χ2n) is 4.01. The van der Waals surface area contributed by atoms with Gasteiger partial charge in [0.2, 0.25) is 5.91 Å². The van der Waals surface area contributed by atoms with Crippen molar-refractivity contribution in [3.63, 3.8) is 0 Å². The minimum absolute atomic E-state index is 0.0286. The molecule has 0 saturated heterocycles. The third-order valence-electron chi connectivity index (χ3n) is 2.56. The Morgan fingerprint density at radius 2 is 2.17 bits per heavy atom. The predicted molar refractivity (Wildman–Crippen MR) is 74.7 cm³/mol. The molecule has 1 amide bonds. The van der Waals surface area contributed by atoms with Gasteiger partial charge in [-0.25, -0.2) is 0 Å². The van der Waals surface area contributed by atoms with Crippen LogP contribution in [0.4, 0.5) is 0 Å². The van der Waals surface area contributed by atoms with Gasteiger partial charge in [-0.3, -0.25) is 4.79 Å². The van der Waals surface area contributed by atoms with Gasteiger partial charge < -0.3 is 9.64 Å². The van der Waals surface area contributed by atoms with Crippen molar-refractivity contribution >= 4 is 29.1 Å². The van der Waals surface area contributed by atoms with Crippen LogP contribution in [0.25, 0.3) is 0 Å². The Bertz CT molecular complexity index is 410. The van der Waals surface area contributed by atoms with E-state index < -0.39 is 0 Å². The van der Waals surface area contributed by atoms with Crippen LogP contribution >= 0.6 is 23.2 Å². The van der Waals surface area contributed by atoms with Gasteiger partial charge >= 0.3 is 0 Å². The van der Waals surface area contributed by atoms with E-state index in [2.05, 4.69) is 0 Å². The molecule has 0 atom stereocenters. The number of carbonyl (C=O) groups is 1. The summed E-state index contributed by atoms with van der Waals surface area (Å²) in [5.41, 5.74) is 0.973. The summed E-state index contributed by atoms with van der Waals surface area (Å²) in [5.74, 6) is 1.14. The highest BCUT2D eigenvalue weighted by Crippen LogP contribution is 2.20. The van der Waals surface area contributed by atoms with Crippen molar-refractivity contribution in [2.75, 3.05) is 26.1 Å². The summed E-state index contributed by atoms with van der Waals surface area (Å²) in [6.07, 6.45) is 0.359. The van der Waals surface area contributed by atoms with Crippen LogP contribution in [0, 0.1) is 6.92 Å². The van der Waals surface area contributed by atoms with Crippen LogP contribution in [0.1, 0.15) is 12.0 Å². The summed E-state index contributed by atoms with van der Waals surface area (Å²) in [4.78, 5) is 13.1. The molecule has 5 heteroatoms. The number of benzene rings is 1. The molecule has 3 nitrogen and oxygen atoms in total. The van der Waals surface area contributed by atoms with Gasteiger partial charge in [0.05, 0.1) is 6.54 Å². The second-order valence-corrected chi connectivity index (χ2v) is 4.80. The largest absolute Gasteiger partial charge is 0.492 e. The average Bonchev–Trinajstić information content (AvgIpc) is 2.34. The number of likely N-dealkylation sites (N-methyl/N-ethyl adjacent to an activating group) is 1. The zero-order chi connectivity index (χ0) is 13.5. The molecule has 0 aliphatic heterocycles. The number of amides is 1. The lowest BCUT2D eigenvalue weighted by atomic mass is 10.2. The van der Waals surface area contributed by atoms with Crippen LogP contribution in [0.5, 0.6) is 5.75 Å². The van der Waals surface area contributed by atoms with Crippen molar-refractivity contribution in [1.29, 1.82) is 0 Å². The number of nitrogens with zero attached hydrogens (tertiary/aromatic N) is 1. The van der Waals surface area contributed by atoms with Crippen LogP contribution < -0.4 is 4.74 Å². The Morgan fingerprint density at radius 1 is 1.44 bits per heavy atom. The summed E-state index contributed by atoms with van der Waals surface area (Å²) >= 11 is 11.4. The topological polar surface area (TPSA) is 29.5 Å². The number of ether oxygens (including phenoxy) is 1. The molecule has 0 aliphatic rings. The van der Waals surface area contributed by atoms with Gasteiger partial charge in [-0.2, -0.15) is 0 Å². The van der Waals surface area contributed by atoms with Gasteiger partial charge in [-0.15, -0.1) is 11.6 Å². The number of rotatable bonds is 6. The predicted octanol–water partition coefficient (Wildman–Crippen LogP) is 3.11. The fourth-order valence-corrected chi connectivity index (χ4v) is 1.68. The first-order valence-electron chi connectivity index (χ1n) is 5.73. The SMILES string of the molecule is Cc1cc(OCCN(C)C(=O)CCCl)ccc1Cl. The number of hydrogen-bond acceptors (Lipinski definition) is 2. The number of aryl methyl sites for hydroxylation is 1. The van der Waals surface area contributed by atoms with Gasteiger partial charge in [0.1, 0.15) is 12.4 Å². The number of alkyl halides is 1. The molecule has 0 bridgehead atoms. The van der Waals surface area contributed by atoms with Crippen LogP contribution in [-0.4, -0.2) is 36.9 Å². The maximum absolute atomic E-state index is 11.5. The molecule has 0 spiro atoms. The molecule has 0 aromatic heterocycles. The molecule has 0 heterocycles. The maximum Gasteiger partial charge on any atom is 0.223 e. The van der Waals surface area contributed by atoms with Crippen molar-refractivity contribution in [2.24, 2.45) is 0 Å². The Hall–Kier alpha value is -0.930. The van der Waals surface area contributed by atoms with Gasteiger partial charge in [0, 0.05) is 24.4 Å². The van der Waals surface area contributed by atoms with E-state index >= 15 is 0 Å². The van der Waals surface area contributed by atoms with Crippen LogP contribution in [0.2, 0.25) is 5.02 Å². The molecule has 0 saturated carbocycles. The highest BCUT2D eigenvalue weighted by molar-refractivity contribution is 6.31. The molecule has 18 heavy (non-hydrogen) atoms. The van der Waals surface area contributed by atoms with E-state index in [1.54, 1.807) is 18.0 Å². The normalized spacial score (nSPS) is 10.2. The number of halogens is 2. The monoisotopic (exact) mass is 289 g/mol. The number of carbonyl (C=O) groups excluding carboxylic acids is 1. The number of hydrogen-bond donors (Lipinski definition) is 0. The molecule has 0 radical (unpaired) electrons. The Labute approximate surface area is 118 Å². The molecule has 1 aromatic carbocycles. The van der Waals surface area contributed by atoms with Crippen molar-refractivity contribution < 1.29 is 9.53 Å². The molecule has 1 rings (SSSR count). The van der Waals surface area contributed by atoms with E-state index in [-0.39, 0.29) is 5.91 Å². The summed E-state index contributed by atoms with van der Waals surface area (Å²) in [6.45, 7) is 2.91. The first-order valence-corrected chi connectivity index (χ1v) is 6.64. The highest BCUT2D eigenvalue weighted by atomic mass is 35.5. The van der Waals surface area contributed by atoms with Gasteiger partial charge in [-0.05, 0) is 30.7 Å². The lowest BCUT2D eigenvalue weighted by Crippen LogP contribution is -2.30. The fourth-order valence-electron chi connectivity index (χ4n) is 1.40. The molecule has 0 unspecified atom stereocenters. The maximum atomic E-state index is 11.5. The fraction of sp³-hybridized carbons (Fsp3) is 0.462. The van der Waals surface area contributed by atoms with Crippen molar-refractivity contribution in [2.45, 2.75) is 13.3 Å². The lowest BCUT2D eigenvalue weighted by molar-refractivity contribution is -0.129. The van der Waals surface area contributed by atoms with E-state index in [0.717, 1.165) is 16.3 Å². The third kappa shape index (κ3) is 4.75. The Kier molecular flexibility index (Phi) is 6.30. The zero-order valence-electron chi connectivity index (χ0n) is 10.6. The average molecular weight is 290 g/mol. The van der Waals surface area contributed by atoms with E-state index in [4.69, 9.17) is 27.9 Å². The molecular weight excluding hydrogens is 273 g/mol. The quantitative estimate of drug-likeness (QED) is 0.753. The third-order valence-corrected chi connectivity index (χ3v) is 3.17. The van der Waals surface area contributed by atoms with Crippen LogP contribution in [0.15, 0.2) is 18.2 Å². The van der Waals surface area contributed by atoms with Gasteiger partial charge in [-0.1, -0.05) is 11.6 Å². The standard InChI is InChI=1S/C13H17Cl2NO2/c1-10-9-11(3-4-12(10)15)18-8-7-16(2)13(17)5-6-14/h3-4,9H,5-8H2,1-2H3. The summed E-state index contributed by atoms with van der Waals surface area (Å²) in [7, 11) is 1.74. The Balaban J connectivity index is 2.37. The molecule has 0 fully saturated rings. The lowest BCUT2D eigenvalue weighted by Gasteiger charge is -2.17. The minimum atomic E-state index is 0.0286. The smallest absolute Gasteiger partial charge is 0.223 e. The summed E-state index contributed by atoms with van der Waals surface area (Å²) < 4.78 is 5.56. The van der Waals surface area contributed by atoms with Crippen molar-refractivity contribution in [3.05, 3.63) is 28.8 Å². The minimum Gasteiger partial charge on any atom is -0.492 e. The first kappa shape index (κ1) is 15.1. The molecule has 1 aromatic rings. The zero-order valence-corrected chi connectivity index (χ0v) is 12.1. The molecule has 100 valence electrons. The first-order chi connectivity index (χ1) is 8.54. The van der Waals surface area contributed by atoms with E-state index in [9.17, 15) is 4.79 Å². The summed E-state index contributed by atoms with van der Waals surface area (Å²) in [6, 6.07) is 5.49. The van der Waals surface area contributed by atoms with E-state index in [1.165, 1.54) is 0 Å². The van der Waals surface area contributed by atoms with E-state index in [0.29, 0.717) is 25.5 Å². The van der Waals surface area contributed by atoms with E-state index in [1.807, 2.05) is 19.1 Å². The van der Waals surface area contributed by atoms with Crippen molar-refractivity contribution in [1.82, 2.24) is 4.90 Å². The Morgan fingerprint density at radius 3 is 2.78 bits per heavy atom. The van der Waals surface area contributed by atoms with Crippen LogP contribution in [-0.2, 0) is 4.79 Å². The summed E-state index contributed by atoms with van der Waals surface area (Å²) in [5, 5.41) is 0.719. The molecule has 0 aliphatic carbocycles. The van der Waals surface area contributed by atoms with Gasteiger partial charge in [0.15, 0.2) is 0 Å². The van der Waals surface area contributed by atoms with Crippen LogP contribution in [0.3, 0.4) is 0 Å². The molecule has 0 N–H and O–H groups in total. The highest BCUT2D eigenvalue weighted by Gasteiger charge is 2.07.